The Balaban J connectivity index is 2.15. The van der Waals surface area contributed by atoms with Gasteiger partial charge in [0.25, 0.3) is 0 Å². The normalized spacial score (nSPS) is 22.6. The van der Waals surface area contributed by atoms with Crippen molar-refractivity contribution in [3.8, 4) is 5.75 Å². The average Bonchev–Trinajstić information content (AvgIpc) is 2.60. The van der Waals surface area contributed by atoms with Crippen LogP contribution < -0.4 is 10.1 Å². The highest BCUT2D eigenvalue weighted by molar-refractivity contribution is 5.71. The first-order valence-electron chi connectivity index (χ1n) is 9.30. The van der Waals surface area contributed by atoms with Crippen molar-refractivity contribution in [2.24, 2.45) is 5.92 Å². The summed E-state index contributed by atoms with van der Waals surface area (Å²) in [5.74, 6) is 0.0555. The molecule has 3 atom stereocenters. The SMILES string of the molecule is CC(C)Nc1ccc(COC(=O)C(C)C)cc1OC1CC(O)CC(C=O)O1. The van der Waals surface area contributed by atoms with Gasteiger partial charge in [0.15, 0.2) is 0 Å². The number of aliphatic hydroxyl groups is 1. The summed E-state index contributed by atoms with van der Waals surface area (Å²) in [6, 6.07) is 5.66. The predicted molar refractivity (Wildman–Crippen MR) is 100 cm³/mol. The number of aldehydes is 1. The van der Waals surface area contributed by atoms with Crippen LogP contribution in [0.4, 0.5) is 5.69 Å². The van der Waals surface area contributed by atoms with Gasteiger partial charge in [-0.05, 0) is 31.5 Å². The molecule has 1 fully saturated rings. The van der Waals surface area contributed by atoms with Gasteiger partial charge in [-0.2, -0.15) is 0 Å². The van der Waals surface area contributed by atoms with Crippen molar-refractivity contribution in [1.29, 1.82) is 0 Å². The van der Waals surface area contributed by atoms with E-state index in [9.17, 15) is 14.7 Å². The monoisotopic (exact) mass is 379 g/mol. The van der Waals surface area contributed by atoms with Crippen LogP contribution in [-0.2, 0) is 25.7 Å². The summed E-state index contributed by atoms with van der Waals surface area (Å²) in [6.07, 6.45) is -0.853. The van der Waals surface area contributed by atoms with E-state index in [1.54, 1.807) is 19.9 Å². The highest BCUT2D eigenvalue weighted by Gasteiger charge is 2.30. The number of ether oxygens (including phenoxy) is 3. The zero-order valence-corrected chi connectivity index (χ0v) is 16.3. The van der Waals surface area contributed by atoms with Crippen LogP contribution >= 0.6 is 0 Å². The zero-order valence-electron chi connectivity index (χ0n) is 16.3. The van der Waals surface area contributed by atoms with E-state index in [1.165, 1.54) is 0 Å². The van der Waals surface area contributed by atoms with E-state index in [1.807, 2.05) is 26.0 Å². The second-order valence-corrected chi connectivity index (χ2v) is 7.38. The summed E-state index contributed by atoms with van der Waals surface area (Å²) in [6.45, 7) is 7.71. The maximum absolute atomic E-state index is 11.7. The summed E-state index contributed by atoms with van der Waals surface area (Å²) in [5, 5.41) is 13.2. The maximum atomic E-state index is 11.7. The van der Waals surface area contributed by atoms with Crippen LogP contribution in [0.25, 0.3) is 0 Å². The number of carbonyl (C=O) groups is 2. The lowest BCUT2D eigenvalue weighted by Gasteiger charge is -2.31. The summed E-state index contributed by atoms with van der Waals surface area (Å²) < 4.78 is 16.8. The molecule has 0 aromatic heterocycles. The average molecular weight is 379 g/mol. The number of hydrogen-bond donors (Lipinski definition) is 2. The van der Waals surface area contributed by atoms with Gasteiger partial charge in [0.2, 0.25) is 6.29 Å². The fourth-order valence-electron chi connectivity index (χ4n) is 2.70. The minimum absolute atomic E-state index is 0.139. The van der Waals surface area contributed by atoms with Crippen molar-refractivity contribution < 1.29 is 28.9 Å². The maximum Gasteiger partial charge on any atom is 0.308 e. The molecule has 7 nitrogen and oxygen atoms in total. The van der Waals surface area contributed by atoms with Gasteiger partial charge in [0.05, 0.1) is 17.7 Å². The minimum Gasteiger partial charge on any atom is -0.463 e. The molecule has 2 rings (SSSR count). The predicted octanol–water partition coefficient (Wildman–Crippen LogP) is 2.65. The fourth-order valence-corrected chi connectivity index (χ4v) is 2.70. The summed E-state index contributed by atoms with van der Waals surface area (Å²) in [4.78, 5) is 22.7. The van der Waals surface area contributed by atoms with Crippen LogP contribution in [0.1, 0.15) is 46.1 Å². The summed E-state index contributed by atoms with van der Waals surface area (Å²) in [7, 11) is 0. The largest absolute Gasteiger partial charge is 0.463 e. The Bertz CT molecular complexity index is 645. The molecule has 0 saturated carbocycles. The van der Waals surface area contributed by atoms with Gasteiger partial charge >= 0.3 is 5.97 Å². The Morgan fingerprint density at radius 1 is 1.33 bits per heavy atom. The van der Waals surface area contributed by atoms with E-state index < -0.39 is 18.5 Å². The van der Waals surface area contributed by atoms with E-state index >= 15 is 0 Å². The van der Waals surface area contributed by atoms with E-state index in [0.29, 0.717) is 12.0 Å². The van der Waals surface area contributed by atoms with E-state index in [0.717, 1.165) is 11.3 Å². The van der Waals surface area contributed by atoms with Gasteiger partial charge in [-0.1, -0.05) is 19.9 Å². The van der Waals surface area contributed by atoms with Crippen molar-refractivity contribution in [1.82, 2.24) is 0 Å². The van der Waals surface area contributed by atoms with E-state index in [-0.39, 0.29) is 37.4 Å². The fraction of sp³-hybridized carbons (Fsp3) is 0.600. The Morgan fingerprint density at radius 2 is 2.07 bits per heavy atom. The topological polar surface area (TPSA) is 94.1 Å². The van der Waals surface area contributed by atoms with Crippen molar-refractivity contribution >= 4 is 17.9 Å². The van der Waals surface area contributed by atoms with Gasteiger partial charge in [0.1, 0.15) is 24.7 Å². The third-order valence-electron chi connectivity index (χ3n) is 4.05. The quantitative estimate of drug-likeness (QED) is 0.530. The number of nitrogens with one attached hydrogen (secondary N) is 1. The lowest BCUT2D eigenvalue weighted by atomic mass is 10.1. The molecule has 0 spiro atoms. The third kappa shape index (κ3) is 6.52. The first-order valence-corrected chi connectivity index (χ1v) is 9.30. The van der Waals surface area contributed by atoms with Crippen LogP contribution in [-0.4, -0.2) is 41.9 Å². The molecule has 0 bridgehead atoms. The third-order valence-corrected chi connectivity index (χ3v) is 4.05. The van der Waals surface area contributed by atoms with Crippen LogP contribution in [0, 0.1) is 5.92 Å². The van der Waals surface area contributed by atoms with Crippen LogP contribution in [0.5, 0.6) is 5.75 Å². The molecular formula is C20H29NO6. The summed E-state index contributed by atoms with van der Waals surface area (Å²) in [5.41, 5.74) is 1.53. The van der Waals surface area contributed by atoms with Crippen molar-refractivity contribution in [2.75, 3.05) is 5.32 Å². The number of carbonyl (C=O) groups excluding carboxylic acids is 2. The molecule has 1 aliphatic heterocycles. The molecule has 0 amide bonds. The highest BCUT2D eigenvalue weighted by atomic mass is 16.7. The zero-order chi connectivity index (χ0) is 20.0. The first kappa shape index (κ1) is 21.2. The van der Waals surface area contributed by atoms with Crippen molar-refractivity contribution in [3.05, 3.63) is 23.8 Å². The van der Waals surface area contributed by atoms with Crippen LogP contribution in [0.3, 0.4) is 0 Å². The molecule has 1 aliphatic rings. The van der Waals surface area contributed by atoms with E-state index in [2.05, 4.69) is 5.32 Å². The van der Waals surface area contributed by atoms with Gasteiger partial charge in [-0.25, -0.2) is 0 Å². The first-order chi connectivity index (χ1) is 12.8. The number of rotatable bonds is 8. The standard InChI is InChI=1S/C20H29NO6/c1-12(2)20(24)25-11-14-5-6-17(21-13(3)4)18(7-14)27-19-9-15(23)8-16(10-22)26-19/h5-7,10,12-13,15-16,19,21,23H,8-9,11H2,1-4H3. The van der Waals surface area contributed by atoms with E-state index in [4.69, 9.17) is 14.2 Å². The Labute approximate surface area is 160 Å². The van der Waals surface area contributed by atoms with Crippen molar-refractivity contribution in [3.63, 3.8) is 0 Å². The summed E-state index contributed by atoms with van der Waals surface area (Å²) >= 11 is 0. The number of aliphatic hydroxyl groups excluding tert-OH is 1. The number of benzene rings is 1. The second kappa shape index (κ2) is 9.71. The van der Waals surface area contributed by atoms with Crippen LogP contribution in [0.2, 0.25) is 0 Å². The van der Waals surface area contributed by atoms with Gasteiger partial charge in [-0.15, -0.1) is 0 Å². The molecule has 0 radical (unpaired) electrons. The highest BCUT2D eigenvalue weighted by Crippen LogP contribution is 2.31. The van der Waals surface area contributed by atoms with Crippen LogP contribution in [0.15, 0.2) is 18.2 Å². The molecular weight excluding hydrogens is 350 g/mol. The minimum atomic E-state index is -0.731. The lowest BCUT2D eigenvalue weighted by molar-refractivity contribution is -0.175. The van der Waals surface area contributed by atoms with Gasteiger partial charge in [-0.3, -0.25) is 4.79 Å². The number of hydrogen-bond acceptors (Lipinski definition) is 7. The molecule has 2 N–H and O–H groups in total. The number of esters is 1. The molecule has 0 aliphatic carbocycles. The Hall–Kier alpha value is -2.12. The Kier molecular flexibility index (Phi) is 7.62. The number of anilines is 1. The molecule has 1 aromatic carbocycles. The lowest BCUT2D eigenvalue weighted by Crippen LogP contribution is -2.39. The van der Waals surface area contributed by atoms with Gasteiger partial charge < -0.3 is 29.4 Å². The van der Waals surface area contributed by atoms with Crippen molar-refractivity contribution in [2.45, 2.75) is 71.7 Å². The molecule has 150 valence electrons. The molecule has 27 heavy (non-hydrogen) atoms. The molecule has 1 aromatic rings. The van der Waals surface area contributed by atoms with Gasteiger partial charge in [0, 0.05) is 18.9 Å². The second-order valence-electron chi connectivity index (χ2n) is 7.38. The molecule has 3 unspecified atom stereocenters. The smallest absolute Gasteiger partial charge is 0.308 e. The molecule has 1 saturated heterocycles. The molecule has 7 heteroatoms. The Morgan fingerprint density at radius 3 is 2.70 bits per heavy atom. The molecule has 1 heterocycles.